The van der Waals surface area contributed by atoms with E-state index < -0.39 is 10.0 Å². The van der Waals surface area contributed by atoms with Crippen molar-refractivity contribution in [2.24, 2.45) is 0 Å². The summed E-state index contributed by atoms with van der Waals surface area (Å²) in [4.78, 5) is 19.2. The first kappa shape index (κ1) is 19.9. The molecule has 0 radical (unpaired) electrons. The molecule has 8 nitrogen and oxygen atoms in total. The number of hydrogen-bond acceptors (Lipinski definition) is 6. The van der Waals surface area contributed by atoms with E-state index >= 15 is 0 Å². The lowest BCUT2D eigenvalue weighted by Crippen LogP contribution is -2.36. The molecule has 1 amide bonds. The van der Waals surface area contributed by atoms with E-state index in [4.69, 9.17) is 4.52 Å². The predicted molar refractivity (Wildman–Crippen MR) is 114 cm³/mol. The van der Waals surface area contributed by atoms with Crippen LogP contribution in [0.2, 0.25) is 0 Å². The molecule has 5 rings (SSSR count). The number of sulfonamides is 1. The highest BCUT2D eigenvalue weighted by molar-refractivity contribution is 7.89. The Labute approximate surface area is 180 Å². The van der Waals surface area contributed by atoms with Crippen molar-refractivity contribution in [3.63, 3.8) is 0 Å². The number of aryl methyl sites for hydroxylation is 1. The first-order valence-corrected chi connectivity index (χ1v) is 11.8. The second-order valence-corrected chi connectivity index (χ2v) is 9.72. The minimum Gasteiger partial charge on any atom is -0.355 e. The van der Waals surface area contributed by atoms with Gasteiger partial charge in [0.15, 0.2) is 11.5 Å². The molecule has 3 aromatic rings. The highest BCUT2D eigenvalue weighted by Gasteiger charge is 2.30. The van der Waals surface area contributed by atoms with Crippen molar-refractivity contribution in [2.75, 3.05) is 24.5 Å². The Morgan fingerprint density at radius 2 is 1.87 bits per heavy atom. The van der Waals surface area contributed by atoms with Gasteiger partial charge >= 0.3 is 0 Å². The van der Waals surface area contributed by atoms with E-state index in [1.54, 1.807) is 47.6 Å². The minimum atomic E-state index is -3.49. The lowest BCUT2D eigenvalue weighted by molar-refractivity contribution is 0.0976. The molecule has 31 heavy (non-hydrogen) atoms. The van der Waals surface area contributed by atoms with Gasteiger partial charge in [0.1, 0.15) is 0 Å². The number of benzene rings is 1. The van der Waals surface area contributed by atoms with E-state index in [2.05, 4.69) is 10.1 Å². The third kappa shape index (κ3) is 3.64. The van der Waals surface area contributed by atoms with Crippen molar-refractivity contribution >= 4 is 21.6 Å². The number of rotatable bonds is 4. The van der Waals surface area contributed by atoms with Crippen molar-refractivity contribution < 1.29 is 17.7 Å². The molecule has 0 bridgehead atoms. The Morgan fingerprint density at radius 1 is 1.03 bits per heavy atom. The molecule has 1 fully saturated rings. The lowest BCUT2D eigenvalue weighted by atomic mass is 10.0. The monoisotopic (exact) mass is 438 g/mol. The maximum Gasteiger partial charge on any atom is 0.280 e. The standard InChI is InChI=1S/C22H22N4O4S/c27-22(19-14-21(30-24-19)17-5-3-9-23-15-17)26-12-4-6-16-13-18(7-8-20(16)26)31(28,29)25-10-1-2-11-25/h3,5,7-9,13-15H,1-2,4,6,10-12H2. The molecule has 0 aliphatic carbocycles. The molecule has 0 atom stereocenters. The summed E-state index contributed by atoms with van der Waals surface area (Å²) in [6.07, 6.45) is 6.57. The lowest BCUT2D eigenvalue weighted by Gasteiger charge is -2.29. The third-order valence-corrected chi connectivity index (χ3v) is 7.69. The zero-order chi connectivity index (χ0) is 21.4. The van der Waals surface area contributed by atoms with Crippen molar-refractivity contribution in [3.05, 3.63) is 60.0 Å². The molecule has 0 spiro atoms. The van der Waals surface area contributed by atoms with Crippen LogP contribution in [0.4, 0.5) is 5.69 Å². The molecule has 1 saturated heterocycles. The molecule has 160 valence electrons. The number of hydrogen-bond donors (Lipinski definition) is 0. The van der Waals surface area contributed by atoms with Crippen LogP contribution in [-0.4, -0.2) is 48.4 Å². The summed E-state index contributed by atoms with van der Waals surface area (Å²) < 4.78 is 32.7. The Balaban J connectivity index is 1.43. The van der Waals surface area contributed by atoms with Crippen LogP contribution in [0.15, 0.2) is 58.2 Å². The second kappa shape index (κ2) is 7.90. The molecule has 1 aromatic carbocycles. The molecule has 2 aromatic heterocycles. The number of anilines is 1. The molecule has 0 N–H and O–H groups in total. The van der Waals surface area contributed by atoms with Crippen LogP contribution in [-0.2, 0) is 16.4 Å². The first-order chi connectivity index (χ1) is 15.0. The fraction of sp³-hybridized carbons (Fsp3) is 0.318. The number of pyridine rings is 1. The van der Waals surface area contributed by atoms with Gasteiger partial charge < -0.3 is 9.42 Å². The predicted octanol–water partition coefficient (Wildman–Crippen LogP) is 3.11. The summed E-state index contributed by atoms with van der Waals surface area (Å²) in [5.74, 6) is 0.204. The first-order valence-electron chi connectivity index (χ1n) is 10.4. The van der Waals surface area contributed by atoms with Crippen molar-refractivity contribution in [2.45, 2.75) is 30.6 Å². The fourth-order valence-electron chi connectivity index (χ4n) is 4.18. The molecule has 9 heteroatoms. The van der Waals surface area contributed by atoms with Crippen molar-refractivity contribution in [3.8, 4) is 11.3 Å². The molecular formula is C22H22N4O4S. The van der Waals surface area contributed by atoms with Gasteiger partial charge in [0, 0.05) is 49.3 Å². The van der Waals surface area contributed by atoms with Gasteiger partial charge in [-0.3, -0.25) is 9.78 Å². The molecular weight excluding hydrogens is 416 g/mol. The van der Waals surface area contributed by atoms with Crippen LogP contribution in [0.25, 0.3) is 11.3 Å². The van der Waals surface area contributed by atoms with Gasteiger partial charge in [-0.1, -0.05) is 5.16 Å². The van der Waals surface area contributed by atoms with Gasteiger partial charge in [0.05, 0.1) is 4.90 Å². The van der Waals surface area contributed by atoms with E-state index in [0.29, 0.717) is 30.3 Å². The molecule has 0 saturated carbocycles. The van der Waals surface area contributed by atoms with Gasteiger partial charge in [0.2, 0.25) is 10.0 Å². The summed E-state index contributed by atoms with van der Waals surface area (Å²) in [7, 11) is -3.49. The topological polar surface area (TPSA) is 96.6 Å². The highest BCUT2D eigenvalue weighted by atomic mass is 32.2. The van der Waals surface area contributed by atoms with E-state index in [0.717, 1.165) is 42.5 Å². The van der Waals surface area contributed by atoms with Crippen molar-refractivity contribution in [1.82, 2.24) is 14.4 Å². The zero-order valence-corrected chi connectivity index (χ0v) is 17.7. The average Bonchev–Trinajstić information content (AvgIpc) is 3.51. The summed E-state index contributed by atoms with van der Waals surface area (Å²) in [5.41, 5.74) is 2.53. The minimum absolute atomic E-state index is 0.209. The van der Waals surface area contributed by atoms with Crippen LogP contribution in [0, 0.1) is 0 Å². The van der Waals surface area contributed by atoms with E-state index in [9.17, 15) is 13.2 Å². The van der Waals surface area contributed by atoms with Crippen LogP contribution >= 0.6 is 0 Å². The van der Waals surface area contributed by atoms with E-state index in [-0.39, 0.29) is 11.6 Å². The number of fused-ring (bicyclic) bond motifs is 1. The van der Waals surface area contributed by atoms with E-state index in [1.807, 2.05) is 6.07 Å². The quantitative estimate of drug-likeness (QED) is 0.621. The fourth-order valence-corrected chi connectivity index (χ4v) is 5.75. The Bertz CT molecular complexity index is 1220. The van der Waals surface area contributed by atoms with Gasteiger partial charge in [0.25, 0.3) is 5.91 Å². The van der Waals surface area contributed by atoms with E-state index in [1.165, 1.54) is 4.31 Å². The van der Waals surface area contributed by atoms with Crippen LogP contribution < -0.4 is 4.90 Å². The average molecular weight is 439 g/mol. The van der Waals surface area contributed by atoms with Crippen LogP contribution in [0.3, 0.4) is 0 Å². The summed E-state index contributed by atoms with van der Waals surface area (Å²) in [6.45, 7) is 1.67. The molecule has 2 aliphatic heterocycles. The molecule has 0 unspecified atom stereocenters. The largest absolute Gasteiger partial charge is 0.355 e. The number of nitrogens with zero attached hydrogens (tertiary/aromatic N) is 4. The normalized spacial score (nSPS) is 17.0. The summed E-state index contributed by atoms with van der Waals surface area (Å²) >= 11 is 0. The number of amides is 1. The highest BCUT2D eigenvalue weighted by Crippen LogP contribution is 2.32. The van der Waals surface area contributed by atoms with Gasteiger partial charge in [-0.15, -0.1) is 0 Å². The maximum absolute atomic E-state index is 13.2. The SMILES string of the molecule is O=C(c1cc(-c2cccnc2)on1)N1CCCc2cc(S(=O)(=O)N3CCCC3)ccc21. The van der Waals surface area contributed by atoms with Gasteiger partial charge in [-0.2, -0.15) is 4.31 Å². The van der Waals surface area contributed by atoms with Crippen LogP contribution in [0.5, 0.6) is 0 Å². The third-order valence-electron chi connectivity index (χ3n) is 5.79. The number of aromatic nitrogens is 2. The smallest absolute Gasteiger partial charge is 0.280 e. The van der Waals surface area contributed by atoms with Gasteiger partial charge in [-0.05, 0) is 61.6 Å². The Kier molecular flexibility index (Phi) is 5.07. The Morgan fingerprint density at radius 3 is 2.65 bits per heavy atom. The van der Waals surface area contributed by atoms with Crippen molar-refractivity contribution in [1.29, 1.82) is 0 Å². The van der Waals surface area contributed by atoms with Crippen LogP contribution in [0.1, 0.15) is 35.3 Å². The molecule has 2 aliphatic rings. The van der Waals surface area contributed by atoms with Gasteiger partial charge in [-0.25, -0.2) is 8.42 Å². The summed E-state index contributed by atoms with van der Waals surface area (Å²) in [6, 6.07) is 10.3. The number of carbonyl (C=O) groups is 1. The second-order valence-electron chi connectivity index (χ2n) is 7.78. The molecule has 4 heterocycles. The Hall–Kier alpha value is -3.04. The zero-order valence-electron chi connectivity index (χ0n) is 16.9. The number of carbonyl (C=O) groups excluding carboxylic acids is 1. The summed E-state index contributed by atoms with van der Waals surface area (Å²) in [5, 5.41) is 3.95. The maximum atomic E-state index is 13.2.